The van der Waals surface area contributed by atoms with Crippen LogP contribution in [0.1, 0.15) is 0 Å². The molecule has 0 N–H and O–H groups in total. The smallest absolute Gasteiger partial charge is 0.238 e. The van der Waals surface area contributed by atoms with E-state index in [0.29, 0.717) is 26.2 Å². The molecule has 2 aromatic carbocycles. The molecule has 0 unspecified atom stereocenters. The van der Waals surface area contributed by atoms with E-state index in [1.54, 1.807) is 41.5 Å². The van der Waals surface area contributed by atoms with E-state index >= 15 is 0 Å². The zero-order valence-corrected chi connectivity index (χ0v) is 17.6. The van der Waals surface area contributed by atoms with Crippen molar-refractivity contribution < 1.29 is 17.9 Å². The lowest BCUT2D eigenvalue weighted by molar-refractivity contribution is -0.128. The first-order chi connectivity index (χ1) is 14.0. The summed E-state index contributed by atoms with van der Waals surface area (Å²) in [4.78, 5) is 21.2. The molecule has 4 rings (SSSR count). The van der Waals surface area contributed by atoms with E-state index < -0.39 is 15.6 Å². The van der Waals surface area contributed by atoms with Crippen LogP contribution in [0.15, 0.2) is 53.4 Å². The number of ether oxygens (including phenoxy) is 1. The average Bonchev–Trinajstić information content (AvgIpc) is 3.18. The van der Waals surface area contributed by atoms with Crippen molar-refractivity contribution in [2.45, 2.75) is 4.90 Å². The number of methoxy groups -OCH3 is 1. The Bertz CT molecular complexity index is 1120. The SMILES string of the molecule is COc1cccc2sc(N3CCN(C(=O)CS(=O)(=O)c4ccccc4)CC3)nc12. The third-order valence-corrected chi connectivity index (χ3v) is 7.61. The van der Waals surface area contributed by atoms with Crippen molar-refractivity contribution in [3.05, 3.63) is 48.5 Å². The van der Waals surface area contributed by atoms with Gasteiger partial charge in [-0.05, 0) is 24.3 Å². The Morgan fingerprint density at radius 3 is 2.48 bits per heavy atom. The Morgan fingerprint density at radius 2 is 1.79 bits per heavy atom. The number of para-hydroxylation sites is 1. The largest absolute Gasteiger partial charge is 0.494 e. The maximum atomic E-state index is 12.6. The number of nitrogens with zero attached hydrogens (tertiary/aromatic N) is 3. The normalized spacial score (nSPS) is 14.9. The van der Waals surface area contributed by atoms with Crippen molar-refractivity contribution in [2.24, 2.45) is 0 Å². The van der Waals surface area contributed by atoms with Crippen LogP contribution < -0.4 is 9.64 Å². The number of hydrogen-bond acceptors (Lipinski definition) is 7. The number of sulfone groups is 1. The number of fused-ring (bicyclic) bond motifs is 1. The second kappa shape index (κ2) is 8.00. The van der Waals surface area contributed by atoms with Crippen LogP contribution in [0, 0.1) is 0 Å². The van der Waals surface area contributed by atoms with Gasteiger partial charge in [0.1, 0.15) is 17.0 Å². The molecular weight excluding hydrogens is 410 g/mol. The van der Waals surface area contributed by atoms with Crippen LogP contribution in [0.25, 0.3) is 10.2 Å². The highest BCUT2D eigenvalue weighted by Crippen LogP contribution is 2.34. The number of thiazole rings is 1. The third-order valence-electron chi connectivity index (χ3n) is 4.91. The predicted octanol–water partition coefficient (Wildman–Crippen LogP) is 2.43. The molecule has 7 nitrogen and oxygen atoms in total. The first kappa shape index (κ1) is 19.7. The van der Waals surface area contributed by atoms with Gasteiger partial charge in [-0.3, -0.25) is 4.79 Å². The summed E-state index contributed by atoms with van der Waals surface area (Å²) in [5.74, 6) is -0.126. The lowest BCUT2D eigenvalue weighted by Gasteiger charge is -2.34. The van der Waals surface area contributed by atoms with Crippen molar-refractivity contribution in [2.75, 3.05) is 43.9 Å². The number of carbonyl (C=O) groups is 1. The van der Waals surface area contributed by atoms with E-state index in [1.165, 1.54) is 12.1 Å². The molecule has 152 valence electrons. The third kappa shape index (κ3) is 4.06. The molecule has 1 aliphatic heterocycles. The molecule has 2 heterocycles. The van der Waals surface area contributed by atoms with E-state index in [0.717, 1.165) is 21.1 Å². The molecule has 1 saturated heterocycles. The Balaban J connectivity index is 1.41. The van der Waals surface area contributed by atoms with Crippen LogP contribution >= 0.6 is 11.3 Å². The highest BCUT2D eigenvalue weighted by atomic mass is 32.2. The number of aromatic nitrogens is 1. The fourth-order valence-electron chi connectivity index (χ4n) is 3.32. The van der Waals surface area contributed by atoms with Gasteiger partial charge in [0.2, 0.25) is 5.91 Å². The zero-order valence-electron chi connectivity index (χ0n) is 15.9. The molecule has 9 heteroatoms. The molecule has 1 aromatic heterocycles. The van der Waals surface area contributed by atoms with Gasteiger partial charge in [0.15, 0.2) is 15.0 Å². The molecule has 3 aromatic rings. The first-order valence-electron chi connectivity index (χ1n) is 9.22. The van der Waals surface area contributed by atoms with Gasteiger partial charge in [-0.15, -0.1) is 0 Å². The minimum Gasteiger partial charge on any atom is -0.494 e. The monoisotopic (exact) mass is 431 g/mol. The maximum absolute atomic E-state index is 12.6. The van der Waals surface area contributed by atoms with Crippen LogP contribution in [0.4, 0.5) is 5.13 Å². The standard InChI is InChI=1S/C20H21N3O4S2/c1-27-16-8-5-9-17-19(16)21-20(28-17)23-12-10-22(11-13-23)18(24)14-29(25,26)15-6-3-2-4-7-15/h2-9H,10-14H2,1H3. The van der Waals surface area contributed by atoms with Gasteiger partial charge < -0.3 is 14.5 Å². The minimum absolute atomic E-state index is 0.176. The van der Waals surface area contributed by atoms with Gasteiger partial charge in [-0.1, -0.05) is 35.6 Å². The molecule has 0 spiro atoms. The summed E-state index contributed by atoms with van der Waals surface area (Å²) in [7, 11) is -2.00. The van der Waals surface area contributed by atoms with Gasteiger partial charge in [-0.25, -0.2) is 13.4 Å². The zero-order chi connectivity index (χ0) is 20.4. The quantitative estimate of drug-likeness (QED) is 0.617. The lowest BCUT2D eigenvalue weighted by atomic mass is 10.3. The topological polar surface area (TPSA) is 79.8 Å². The molecule has 1 fully saturated rings. The van der Waals surface area contributed by atoms with Crippen molar-refractivity contribution in [3.63, 3.8) is 0 Å². The van der Waals surface area contributed by atoms with Gasteiger partial charge in [0.05, 0.1) is 16.7 Å². The molecule has 1 amide bonds. The fraction of sp³-hybridized carbons (Fsp3) is 0.300. The fourth-order valence-corrected chi connectivity index (χ4v) is 5.60. The molecule has 0 aliphatic carbocycles. The van der Waals surface area contributed by atoms with Crippen molar-refractivity contribution in [1.29, 1.82) is 0 Å². The second-order valence-electron chi connectivity index (χ2n) is 6.74. The molecule has 0 radical (unpaired) electrons. The molecule has 0 atom stereocenters. The van der Waals surface area contributed by atoms with E-state index in [4.69, 9.17) is 9.72 Å². The van der Waals surface area contributed by atoms with Crippen molar-refractivity contribution in [1.82, 2.24) is 9.88 Å². The molecule has 0 saturated carbocycles. The van der Waals surface area contributed by atoms with Gasteiger partial charge >= 0.3 is 0 Å². The number of hydrogen-bond donors (Lipinski definition) is 0. The van der Waals surface area contributed by atoms with Crippen LogP contribution in [-0.4, -0.2) is 63.3 Å². The van der Waals surface area contributed by atoms with E-state index in [9.17, 15) is 13.2 Å². The Morgan fingerprint density at radius 1 is 1.07 bits per heavy atom. The van der Waals surface area contributed by atoms with E-state index in [1.807, 2.05) is 18.2 Å². The summed E-state index contributed by atoms with van der Waals surface area (Å²) in [5, 5.41) is 0.883. The predicted molar refractivity (Wildman–Crippen MR) is 113 cm³/mol. The number of amides is 1. The Kier molecular flexibility index (Phi) is 5.42. The summed E-state index contributed by atoms with van der Waals surface area (Å²) in [6, 6.07) is 13.9. The lowest BCUT2D eigenvalue weighted by Crippen LogP contribution is -2.50. The average molecular weight is 432 g/mol. The number of benzene rings is 2. The van der Waals surface area contributed by atoms with Crippen LogP contribution in [0.3, 0.4) is 0 Å². The molecule has 29 heavy (non-hydrogen) atoms. The second-order valence-corrected chi connectivity index (χ2v) is 9.74. The van der Waals surface area contributed by atoms with E-state index in [-0.39, 0.29) is 10.8 Å². The minimum atomic E-state index is -3.63. The molecule has 0 bridgehead atoms. The van der Waals surface area contributed by atoms with Crippen LogP contribution in [-0.2, 0) is 14.6 Å². The van der Waals surface area contributed by atoms with Crippen LogP contribution in [0.2, 0.25) is 0 Å². The Hall–Kier alpha value is -2.65. The summed E-state index contributed by atoms with van der Waals surface area (Å²) < 4.78 is 31.3. The van der Waals surface area contributed by atoms with Gasteiger partial charge in [0.25, 0.3) is 0 Å². The summed E-state index contributed by atoms with van der Waals surface area (Å²) in [5.41, 5.74) is 0.836. The number of piperazine rings is 1. The van der Waals surface area contributed by atoms with Crippen molar-refractivity contribution in [3.8, 4) is 5.75 Å². The summed E-state index contributed by atoms with van der Waals surface area (Å²) in [6.45, 7) is 2.16. The highest BCUT2D eigenvalue weighted by molar-refractivity contribution is 7.92. The number of carbonyl (C=O) groups excluding carboxylic acids is 1. The molecule has 1 aliphatic rings. The van der Waals surface area contributed by atoms with Gasteiger partial charge in [0, 0.05) is 26.2 Å². The highest BCUT2D eigenvalue weighted by Gasteiger charge is 2.27. The summed E-state index contributed by atoms with van der Waals surface area (Å²) >= 11 is 1.59. The van der Waals surface area contributed by atoms with Crippen LogP contribution in [0.5, 0.6) is 5.75 Å². The van der Waals surface area contributed by atoms with Crippen molar-refractivity contribution >= 4 is 42.4 Å². The summed E-state index contributed by atoms with van der Waals surface area (Å²) in [6.07, 6.45) is 0. The number of anilines is 1. The number of rotatable bonds is 5. The maximum Gasteiger partial charge on any atom is 0.238 e. The van der Waals surface area contributed by atoms with Gasteiger partial charge in [-0.2, -0.15) is 0 Å². The molecular formula is C20H21N3O4S2. The first-order valence-corrected chi connectivity index (χ1v) is 11.7. The van der Waals surface area contributed by atoms with E-state index in [2.05, 4.69) is 4.90 Å². The Labute approximate surface area is 173 Å².